The van der Waals surface area contributed by atoms with Gasteiger partial charge in [-0.3, -0.25) is 9.48 Å². The van der Waals surface area contributed by atoms with Crippen LogP contribution < -0.4 is 0 Å². The number of nitrogens with zero attached hydrogens (tertiary/aromatic N) is 3. The summed E-state index contributed by atoms with van der Waals surface area (Å²) in [5.74, 6) is -0.478. The second-order valence-corrected chi connectivity index (χ2v) is 5.82. The fourth-order valence-electron chi connectivity index (χ4n) is 3.10. The summed E-state index contributed by atoms with van der Waals surface area (Å²) in [5, 5.41) is 4.22. The maximum atomic E-state index is 13.4. The zero-order valence-electron chi connectivity index (χ0n) is 12.7. The third-order valence-corrected chi connectivity index (χ3v) is 4.19. The molecule has 0 radical (unpaired) electrons. The highest BCUT2D eigenvalue weighted by molar-refractivity contribution is 5.94. The molecule has 0 aliphatic carbocycles. The van der Waals surface area contributed by atoms with Crippen molar-refractivity contribution in [3.63, 3.8) is 0 Å². The molecular weight excluding hydrogens is 281 g/mol. The molecule has 0 N–H and O–H groups in total. The first-order valence-corrected chi connectivity index (χ1v) is 7.70. The molecule has 1 fully saturated rings. The van der Waals surface area contributed by atoms with Crippen LogP contribution in [0.15, 0.2) is 36.7 Å². The first kappa shape index (κ1) is 14.8. The lowest BCUT2D eigenvalue weighted by molar-refractivity contribution is 0.0680. The van der Waals surface area contributed by atoms with Gasteiger partial charge in [-0.1, -0.05) is 18.9 Å². The molecule has 2 heterocycles. The molecule has 1 aliphatic heterocycles. The predicted molar refractivity (Wildman–Crippen MR) is 81.9 cm³/mol. The third kappa shape index (κ3) is 3.03. The maximum Gasteiger partial charge on any atom is 0.254 e. The molecule has 1 amide bonds. The molecule has 0 saturated carbocycles. The third-order valence-electron chi connectivity index (χ3n) is 4.19. The lowest BCUT2D eigenvalue weighted by Crippen LogP contribution is -2.34. The van der Waals surface area contributed by atoms with Crippen LogP contribution in [-0.2, 0) is 7.05 Å². The van der Waals surface area contributed by atoms with E-state index in [4.69, 9.17) is 0 Å². The van der Waals surface area contributed by atoms with E-state index in [0.717, 1.165) is 31.2 Å². The molecule has 1 aromatic carbocycles. The number of aryl methyl sites for hydroxylation is 1. The normalized spacial score (nSPS) is 19.0. The Balaban J connectivity index is 1.91. The minimum atomic E-state index is -0.376. The largest absolute Gasteiger partial charge is 0.331 e. The molecule has 116 valence electrons. The molecule has 2 aromatic rings. The highest BCUT2D eigenvalue weighted by Crippen LogP contribution is 2.31. The van der Waals surface area contributed by atoms with Crippen molar-refractivity contribution < 1.29 is 9.18 Å². The van der Waals surface area contributed by atoms with Gasteiger partial charge in [0.15, 0.2) is 0 Å². The van der Waals surface area contributed by atoms with Crippen LogP contribution in [-0.4, -0.2) is 27.1 Å². The van der Waals surface area contributed by atoms with E-state index < -0.39 is 0 Å². The van der Waals surface area contributed by atoms with E-state index in [9.17, 15) is 9.18 Å². The SMILES string of the molecule is Cn1cc(C2CCCCCN2C(=O)c2cccc(F)c2)cn1. The van der Waals surface area contributed by atoms with Gasteiger partial charge in [0.25, 0.3) is 5.91 Å². The number of hydrogen-bond donors (Lipinski definition) is 0. The van der Waals surface area contributed by atoms with Crippen molar-refractivity contribution in [3.8, 4) is 0 Å². The topological polar surface area (TPSA) is 38.1 Å². The molecule has 1 aliphatic rings. The smallest absolute Gasteiger partial charge is 0.254 e. The van der Waals surface area contributed by atoms with Gasteiger partial charge in [0.1, 0.15) is 5.82 Å². The zero-order chi connectivity index (χ0) is 15.5. The molecule has 4 nitrogen and oxygen atoms in total. The Kier molecular flexibility index (Phi) is 4.22. The Morgan fingerprint density at radius 2 is 2.18 bits per heavy atom. The summed E-state index contributed by atoms with van der Waals surface area (Å²) in [6, 6.07) is 5.95. The van der Waals surface area contributed by atoms with Gasteiger partial charge in [0.2, 0.25) is 0 Å². The van der Waals surface area contributed by atoms with E-state index in [-0.39, 0.29) is 17.8 Å². The summed E-state index contributed by atoms with van der Waals surface area (Å²) < 4.78 is 15.2. The number of halogens is 1. The maximum absolute atomic E-state index is 13.4. The molecule has 1 aromatic heterocycles. The molecule has 1 saturated heterocycles. The van der Waals surface area contributed by atoms with E-state index in [0.29, 0.717) is 12.1 Å². The van der Waals surface area contributed by atoms with Crippen LogP contribution in [0.4, 0.5) is 4.39 Å². The molecule has 1 atom stereocenters. The number of benzene rings is 1. The Morgan fingerprint density at radius 3 is 2.91 bits per heavy atom. The van der Waals surface area contributed by atoms with Gasteiger partial charge >= 0.3 is 0 Å². The van der Waals surface area contributed by atoms with Crippen LogP contribution in [0.5, 0.6) is 0 Å². The summed E-state index contributed by atoms with van der Waals surface area (Å²) in [5.41, 5.74) is 1.46. The number of carbonyl (C=O) groups is 1. The average Bonchev–Trinajstić information content (AvgIpc) is 2.80. The van der Waals surface area contributed by atoms with Crippen molar-refractivity contribution >= 4 is 5.91 Å². The van der Waals surface area contributed by atoms with Crippen LogP contribution in [0.1, 0.15) is 47.6 Å². The summed E-state index contributed by atoms with van der Waals surface area (Å²) in [4.78, 5) is 14.7. The minimum absolute atomic E-state index is 0.0203. The molecule has 0 spiro atoms. The first-order chi connectivity index (χ1) is 10.6. The molecule has 1 unspecified atom stereocenters. The van der Waals surface area contributed by atoms with Crippen molar-refractivity contribution in [3.05, 3.63) is 53.6 Å². The molecule has 0 bridgehead atoms. The zero-order valence-corrected chi connectivity index (χ0v) is 12.7. The fourth-order valence-corrected chi connectivity index (χ4v) is 3.10. The van der Waals surface area contributed by atoms with Gasteiger partial charge in [0, 0.05) is 30.9 Å². The summed E-state index contributed by atoms with van der Waals surface area (Å²) >= 11 is 0. The van der Waals surface area contributed by atoms with Crippen molar-refractivity contribution in [1.82, 2.24) is 14.7 Å². The molecule has 3 rings (SSSR count). The van der Waals surface area contributed by atoms with Gasteiger partial charge < -0.3 is 4.90 Å². The standard InChI is InChI=1S/C17H20FN3O/c1-20-12-14(11-19-20)16-8-3-2-4-9-21(16)17(22)13-6-5-7-15(18)10-13/h5-7,10-12,16H,2-4,8-9H2,1H3. The highest BCUT2D eigenvalue weighted by Gasteiger charge is 2.28. The average molecular weight is 301 g/mol. The van der Waals surface area contributed by atoms with E-state index in [1.165, 1.54) is 12.1 Å². The number of amides is 1. The number of likely N-dealkylation sites (tertiary alicyclic amines) is 1. The van der Waals surface area contributed by atoms with Crippen LogP contribution in [0.25, 0.3) is 0 Å². The fraction of sp³-hybridized carbons (Fsp3) is 0.412. The molecule has 22 heavy (non-hydrogen) atoms. The van der Waals surface area contributed by atoms with Gasteiger partial charge in [-0.15, -0.1) is 0 Å². The Labute approximate surface area is 129 Å². The quantitative estimate of drug-likeness (QED) is 0.853. The minimum Gasteiger partial charge on any atom is -0.331 e. The van der Waals surface area contributed by atoms with E-state index in [1.807, 2.05) is 24.3 Å². The number of hydrogen-bond acceptors (Lipinski definition) is 2. The highest BCUT2D eigenvalue weighted by atomic mass is 19.1. The van der Waals surface area contributed by atoms with Crippen LogP contribution in [0, 0.1) is 5.82 Å². The first-order valence-electron chi connectivity index (χ1n) is 7.70. The van der Waals surface area contributed by atoms with Gasteiger partial charge in [-0.25, -0.2) is 4.39 Å². The van der Waals surface area contributed by atoms with E-state index in [2.05, 4.69) is 5.10 Å². The molecular formula is C17H20FN3O. The van der Waals surface area contributed by atoms with Crippen molar-refractivity contribution in [2.75, 3.05) is 6.54 Å². The van der Waals surface area contributed by atoms with Crippen molar-refractivity contribution in [2.24, 2.45) is 7.05 Å². The molecule has 5 heteroatoms. The van der Waals surface area contributed by atoms with Crippen molar-refractivity contribution in [2.45, 2.75) is 31.7 Å². The second-order valence-electron chi connectivity index (χ2n) is 5.82. The van der Waals surface area contributed by atoms with Crippen molar-refractivity contribution in [1.29, 1.82) is 0 Å². The van der Waals surface area contributed by atoms with Gasteiger partial charge in [-0.05, 0) is 31.0 Å². The summed E-state index contributed by atoms with van der Waals surface area (Å²) in [7, 11) is 1.87. The monoisotopic (exact) mass is 301 g/mol. The van der Waals surface area contributed by atoms with E-state index in [1.54, 1.807) is 16.8 Å². The Morgan fingerprint density at radius 1 is 1.32 bits per heavy atom. The number of carbonyl (C=O) groups excluding carboxylic acids is 1. The van der Waals surface area contributed by atoms with Gasteiger partial charge in [-0.2, -0.15) is 5.10 Å². The second kappa shape index (κ2) is 6.30. The van der Waals surface area contributed by atoms with Crippen LogP contribution >= 0.6 is 0 Å². The lowest BCUT2D eigenvalue weighted by atomic mass is 10.0. The Bertz CT molecular complexity index is 667. The summed E-state index contributed by atoms with van der Waals surface area (Å²) in [6.45, 7) is 0.703. The number of aromatic nitrogens is 2. The van der Waals surface area contributed by atoms with Crippen LogP contribution in [0.3, 0.4) is 0 Å². The van der Waals surface area contributed by atoms with Gasteiger partial charge in [0.05, 0.1) is 12.2 Å². The number of rotatable bonds is 2. The lowest BCUT2D eigenvalue weighted by Gasteiger charge is -2.29. The van der Waals surface area contributed by atoms with E-state index >= 15 is 0 Å². The predicted octanol–water partition coefficient (Wildman–Crippen LogP) is 3.32. The van der Waals surface area contributed by atoms with Crippen LogP contribution in [0.2, 0.25) is 0 Å². The Hall–Kier alpha value is -2.17. The summed E-state index contributed by atoms with van der Waals surface area (Å²) in [6.07, 6.45) is 7.89.